The highest BCUT2D eigenvalue weighted by molar-refractivity contribution is 6.10. The predicted molar refractivity (Wildman–Crippen MR) is 100 cm³/mol. The van der Waals surface area contributed by atoms with Gasteiger partial charge in [-0.2, -0.15) is 0 Å². The van der Waals surface area contributed by atoms with Crippen LogP contribution in [0.5, 0.6) is 0 Å². The molecule has 5 heteroatoms. The second kappa shape index (κ2) is 7.21. The molecular formula is C20H20N2O3. The number of amides is 1. The van der Waals surface area contributed by atoms with Crippen molar-refractivity contribution in [1.29, 1.82) is 0 Å². The van der Waals surface area contributed by atoms with Gasteiger partial charge in [-0.05, 0) is 30.7 Å². The van der Waals surface area contributed by atoms with E-state index in [9.17, 15) is 9.59 Å². The Morgan fingerprint density at radius 2 is 1.76 bits per heavy atom. The Kier molecular flexibility index (Phi) is 4.84. The quantitative estimate of drug-likeness (QED) is 0.768. The number of carbonyl (C=O) groups excluding carboxylic acids is 1. The molecule has 0 bridgehead atoms. The number of carbonyl (C=O) groups is 1. The van der Waals surface area contributed by atoms with Crippen molar-refractivity contribution in [3.8, 4) is 0 Å². The lowest BCUT2D eigenvalue weighted by Crippen LogP contribution is -2.35. The van der Waals surface area contributed by atoms with Crippen LogP contribution >= 0.6 is 0 Å². The maximum absolute atomic E-state index is 13.2. The molecule has 0 unspecified atom stereocenters. The molecule has 5 nitrogen and oxygen atoms in total. The van der Waals surface area contributed by atoms with Gasteiger partial charge in [0.2, 0.25) is 11.3 Å². The zero-order chi connectivity index (χ0) is 17.8. The van der Waals surface area contributed by atoms with Crippen molar-refractivity contribution < 1.29 is 9.21 Å². The molecule has 25 heavy (non-hydrogen) atoms. The molecule has 1 amide bonds. The predicted octanol–water partition coefficient (Wildman–Crippen LogP) is 3.89. The summed E-state index contributed by atoms with van der Waals surface area (Å²) in [6.45, 7) is 2.50. The molecular weight excluding hydrogens is 316 g/mol. The summed E-state index contributed by atoms with van der Waals surface area (Å²) in [5, 5.41) is 3.24. The average molecular weight is 336 g/mol. The number of hydrogen-bond donors (Lipinski definition) is 1. The summed E-state index contributed by atoms with van der Waals surface area (Å²) >= 11 is 0. The first kappa shape index (κ1) is 16.8. The van der Waals surface area contributed by atoms with Crippen molar-refractivity contribution in [2.75, 3.05) is 23.8 Å². The van der Waals surface area contributed by atoms with Gasteiger partial charge in [-0.15, -0.1) is 0 Å². The van der Waals surface area contributed by atoms with E-state index in [1.807, 2.05) is 37.3 Å². The first-order valence-corrected chi connectivity index (χ1v) is 8.28. The molecule has 0 spiro atoms. The molecule has 0 saturated carbocycles. The van der Waals surface area contributed by atoms with Crippen LogP contribution in [0.3, 0.4) is 0 Å². The van der Waals surface area contributed by atoms with Gasteiger partial charge in [0.05, 0.1) is 5.39 Å². The van der Waals surface area contributed by atoms with Crippen LogP contribution in [0.1, 0.15) is 23.7 Å². The largest absolute Gasteiger partial charge is 0.440 e. The fourth-order valence-electron chi connectivity index (χ4n) is 2.83. The van der Waals surface area contributed by atoms with E-state index in [0.29, 0.717) is 17.5 Å². The van der Waals surface area contributed by atoms with Crippen LogP contribution in [0, 0.1) is 0 Å². The van der Waals surface area contributed by atoms with Gasteiger partial charge in [0.25, 0.3) is 5.91 Å². The number of anilines is 2. The molecule has 0 fully saturated rings. The minimum atomic E-state index is -0.364. The molecule has 0 saturated heterocycles. The second-order valence-electron chi connectivity index (χ2n) is 5.67. The molecule has 1 aromatic heterocycles. The van der Waals surface area contributed by atoms with E-state index < -0.39 is 0 Å². The highest BCUT2D eigenvalue weighted by atomic mass is 16.3. The summed E-state index contributed by atoms with van der Waals surface area (Å²) in [6, 6.07) is 16.3. The smallest absolute Gasteiger partial charge is 0.267 e. The zero-order valence-corrected chi connectivity index (χ0v) is 14.3. The lowest BCUT2D eigenvalue weighted by atomic mass is 10.1. The second-order valence-corrected chi connectivity index (χ2v) is 5.67. The lowest BCUT2D eigenvalue weighted by molar-refractivity contribution is 0.0985. The summed E-state index contributed by atoms with van der Waals surface area (Å²) in [4.78, 5) is 27.8. The van der Waals surface area contributed by atoms with Crippen LogP contribution in [0.2, 0.25) is 0 Å². The number of nitrogens with zero attached hydrogens (tertiary/aromatic N) is 1. The fraction of sp³-hybridized carbons (Fsp3) is 0.200. The first-order chi connectivity index (χ1) is 12.2. The number of fused-ring (bicyclic) bond motifs is 1. The fourth-order valence-corrected chi connectivity index (χ4v) is 2.83. The normalized spacial score (nSPS) is 10.6. The minimum absolute atomic E-state index is 0.0264. The first-order valence-electron chi connectivity index (χ1n) is 8.28. The van der Waals surface area contributed by atoms with E-state index in [-0.39, 0.29) is 22.8 Å². The van der Waals surface area contributed by atoms with Crippen molar-refractivity contribution >= 4 is 28.4 Å². The molecule has 3 aromatic rings. The Hall–Kier alpha value is -3.08. The van der Waals surface area contributed by atoms with E-state index in [2.05, 4.69) is 5.32 Å². The highest BCUT2D eigenvalue weighted by Crippen LogP contribution is 2.23. The van der Waals surface area contributed by atoms with Gasteiger partial charge in [0.15, 0.2) is 0 Å². The van der Waals surface area contributed by atoms with E-state index in [1.165, 1.54) is 0 Å². The lowest BCUT2D eigenvalue weighted by Gasteiger charge is -2.23. The highest BCUT2D eigenvalue weighted by Gasteiger charge is 2.25. The van der Waals surface area contributed by atoms with Crippen LogP contribution in [-0.2, 0) is 0 Å². The molecule has 0 aliphatic carbocycles. The van der Waals surface area contributed by atoms with Gasteiger partial charge in [-0.25, -0.2) is 0 Å². The monoisotopic (exact) mass is 336 g/mol. The number of rotatable bonds is 5. The summed E-state index contributed by atoms with van der Waals surface area (Å²) < 4.78 is 5.75. The van der Waals surface area contributed by atoms with Crippen LogP contribution in [0.25, 0.3) is 11.0 Å². The standard InChI is InChI=1S/C20H20N2O3/c1-3-13-22(14-9-5-4-6-10-14)20(24)17-18(23)15-11-7-8-12-16(15)25-19(17)21-2/h4-12,21H,3,13H2,1-2H3. The molecule has 0 aliphatic heterocycles. The van der Waals surface area contributed by atoms with Gasteiger partial charge in [-0.3, -0.25) is 9.59 Å². The van der Waals surface area contributed by atoms with Crippen molar-refractivity contribution in [2.45, 2.75) is 13.3 Å². The van der Waals surface area contributed by atoms with E-state index in [4.69, 9.17) is 4.42 Å². The SMILES string of the molecule is CCCN(C(=O)c1c(NC)oc2ccccc2c1=O)c1ccccc1. The van der Waals surface area contributed by atoms with Crippen LogP contribution in [-0.4, -0.2) is 19.5 Å². The number of hydrogen-bond acceptors (Lipinski definition) is 4. The molecule has 2 aromatic carbocycles. The topological polar surface area (TPSA) is 62.6 Å². The molecule has 3 rings (SSSR count). The summed E-state index contributed by atoms with van der Waals surface area (Å²) in [6.07, 6.45) is 0.772. The van der Waals surface area contributed by atoms with Crippen molar-refractivity contribution in [3.05, 3.63) is 70.4 Å². The maximum Gasteiger partial charge on any atom is 0.267 e. The molecule has 0 aliphatic rings. The molecule has 128 valence electrons. The molecule has 0 radical (unpaired) electrons. The maximum atomic E-state index is 13.2. The molecule has 1 heterocycles. The van der Waals surface area contributed by atoms with Gasteiger partial charge < -0.3 is 14.6 Å². The Balaban J connectivity index is 2.18. The van der Waals surface area contributed by atoms with E-state index >= 15 is 0 Å². The summed E-state index contributed by atoms with van der Waals surface area (Å²) in [5.74, 6) is -0.178. The van der Waals surface area contributed by atoms with Crippen LogP contribution < -0.4 is 15.6 Å². The van der Waals surface area contributed by atoms with Crippen LogP contribution in [0.15, 0.2) is 63.8 Å². The third-order valence-corrected chi connectivity index (χ3v) is 4.00. The summed E-state index contributed by atoms with van der Waals surface area (Å²) in [7, 11) is 1.64. The average Bonchev–Trinajstić information content (AvgIpc) is 2.66. The Bertz CT molecular complexity index is 948. The van der Waals surface area contributed by atoms with Gasteiger partial charge in [0, 0.05) is 19.3 Å². The van der Waals surface area contributed by atoms with Gasteiger partial charge in [0.1, 0.15) is 11.1 Å². The van der Waals surface area contributed by atoms with E-state index in [1.54, 1.807) is 36.2 Å². The minimum Gasteiger partial charge on any atom is -0.440 e. The van der Waals surface area contributed by atoms with Crippen molar-refractivity contribution in [1.82, 2.24) is 0 Å². The van der Waals surface area contributed by atoms with Crippen molar-refractivity contribution in [3.63, 3.8) is 0 Å². The van der Waals surface area contributed by atoms with Gasteiger partial charge in [-0.1, -0.05) is 37.3 Å². The number of nitrogens with one attached hydrogen (secondary N) is 1. The Labute approximate surface area is 145 Å². The summed E-state index contributed by atoms with van der Waals surface area (Å²) in [5.41, 5.74) is 0.908. The number of benzene rings is 2. The molecule has 0 atom stereocenters. The van der Waals surface area contributed by atoms with Crippen molar-refractivity contribution in [2.24, 2.45) is 0 Å². The Morgan fingerprint density at radius 1 is 1.08 bits per heavy atom. The third kappa shape index (κ3) is 3.13. The van der Waals surface area contributed by atoms with Gasteiger partial charge >= 0.3 is 0 Å². The third-order valence-electron chi connectivity index (χ3n) is 4.00. The van der Waals surface area contributed by atoms with Crippen LogP contribution in [0.4, 0.5) is 11.6 Å². The molecule has 1 N–H and O–H groups in total. The zero-order valence-electron chi connectivity index (χ0n) is 14.3. The Morgan fingerprint density at radius 3 is 2.44 bits per heavy atom. The van der Waals surface area contributed by atoms with E-state index in [0.717, 1.165) is 12.1 Å². The number of para-hydroxylation sites is 2.